The maximum Gasteiger partial charge on any atom is 0.336 e. The zero-order valence-electron chi connectivity index (χ0n) is 7.60. The highest BCUT2D eigenvalue weighted by Gasteiger charge is 2.11. The van der Waals surface area contributed by atoms with E-state index in [1.165, 1.54) is 17.8 Å². The fourth-order valence-corrected chi connectivity index (χ4v) is 1.84. The SMILES string of the molecule is CC(C#N)Sc1ccccc1C(=O)O. The summed E-state index contributed by atoms with van der Waals surface area (Å²) in [5.74, 6) is -0.960. The predicted molar refractivity (Wildman–Crippen MR) is 54.3 cm³/mol. The second-order valence-corrected chi connectivity index (χ2v) is 4.07. The lowest BCUT2D eigenvalue weighted by molar-refractivity contribution is 0.0693. The summed E-state index contributed by atoms with van der Waals surface area (Å²) in [5.41, 5.74) is 0.250. The lowest BCUT2D eigenvalue weighted by atomic mass is 10.2. The molecule has 0 radical (unpaired) electrons. The van der Waals surface area contributed by atoms with Gasteiger partial charge >= 0.3 is 5.97 Å². The van der Waals surface area contributed by atoms with Crippen LogP contribution in [-0.4, -0.2) is 16.3 Å². The first-order valence-corrected chi connectivity index (χ1v) is 4.91. The summed E-state index contributed by atoms with van der Waals surface area (Å²) in [6.45, 7) is 1.74. The zero-order chi connectivity index (χ0) is 10.6. The van der Waals surface area contributed by atoms with E-state index in [0.717, 1.165) is 0 Å². The van der Waals surface area contributed by atoms with Crippen LogP contribution < -0.4 is 0 Å². The van der Waals surface area contributed by atoms with E-state index < -0.39 is 5.97 Å². The average Bonchev–Trinajstić information content (AvgIpc) is 2.18. The molecule has 0 saturated carbocycles. The summed E-state index contributed by atoms with van der Waals surface area (Å²) < 4.78 is 0. The van der Waals surface area contributed by atoms with Crippen molar-refractivity contribution in [3.63, 3.8) is 0 Å². The van der Waals surface area contributed by atoms with Gasteiger partial charge in [-0.15, -0.1) is 11.8 Å². The number of aromatic carboxylic acids is 1. The third-order valence-electron chi connectivity index (χ3n) is 1.60. The van der Waals surface area contributed by atoms with Gasteiger partial charge < -0.3 is 5.11 Å². The molecule has 0 heterocycles. The lowest BCUT2D eigenvalue weighted by Gasteiger charge is -2.05. The summed E-state index contributed by atoms with van der Waals surface area (Å²) in [7, 11) is 0. The predicted octanol–water partition coefficient (Wildman–Crippen LogP) is 2.39. The Morgan fingerprint density at radius 3 is 2.79 bits per heavy atom. The molecule has 72 valence electrons. The maximum absolute atomic E-state index is 10.8. The summed E-state index contributed by atoms with van der Waals surface area (Å²) in [4.78, 5) is 11.4. The highest BCUT2D eigenvalue weighted by atomic mass is 32.2. The van der Waals surface area contributed by atoms with Crippen molar-refractivity contribution in [3.8, 4) is 6.07 Å². The second-order valence-electron chi connectivity index (χ2n) is 2.69. The molecular weight excluding hydrogens is 198 g/mol. The van der Waals surface area contributed by atoms with Crippen molar-refractivity contribution in [2.24, 2.45) is 0 Å². The molecule has 1 atom stereocenters. The van der Waals surface area contributed by atoms with Crippen molar-refractivity contribution < 1.29 is 9.90 Å². The minimum atomic E-state index is -0.960. The van der Waals surface area contributed by atoms with Crippen molar-refractivity contribution in [3.05, 3.63) is 29.8 Å². The highest BCUT2D eigenvalue weighted by Crippen LogP contribution is 2.26. The van der Waals surface area contributed by atoms with E-state index in [0.29, 0.717) is 4.90 Å². The van der Waals surface area contributed by atoms with Crippen molar-refractivity contribution in [2.75, 3.05) is 0 Å². The minimum absolute atomic E-state index is 0.240. The van der Waals surface area contributed by atoms with Crippen LogP contribution in [0.5, 0.6) is 0 Å². The third-order valence-corrected chi connectivity index (χ3v) is 2.67. The number of thioether (sulfide) groups is 1. The molecule has 1 rings (SSSR count). The molecule has 0 aliphatic carbocycles. The van der Waals surface area contributed by atoms with Gasteiger partial charge in [-0.25, -0.2) is 4.79 Å². The third kappa shape index (κ3) is 2.51. The summed E-state index contributed by atoms with van der Waals surface area (Å²) >= 11 is 1.26. The van der Waals surface area contributed by atoms with Crippen molar-refractivity contribution in [2.45, 2.75) is 17.1 Å². The van der Waals surface area contributed by atoms with E-state index >= 15 is 0 Å². The second kappa shape index (κ2) is 4.68. The Morgan fingerprint density at radius 1 is 1.57 bits per heavy atom. The van der Waals surface area contributed by atoms with E-state index in [-0.39, 0.29) is 10.8 Å². The molecule has 14 heavy (non-hydrogen) atoms. The maximum atomic E-state index is 10.8. The van der Waals surface area contributed by atoms with Crippen LogP contribution in [0, 0.1) is 11.3 Å². The standard InChI is InChI=1S/C10H9NO2S/c1-7(6-11)14-9-5-3-2-4-8(9)10(12)13/h2-5,7H,1H3,(H,12,13). The molecule has 0 spiro atoms. The fraction of sp³-hybridized carbons (Fsp3) is 0.200. The molecule has 1 aromatic rings. The molecule has 0 bridgehead atoms. The van der Waals surface area contributed by atoms with Crippen LogP contribution in [0.1, 0.15) is 17.3 Å². The van der Waals surface area contributed by atoms with Crippen molar-refractivity contribution >= 4 is 17.7 Å². The molecule has 0 aromatic heterocycles. The Labute approximate surface area is 86.4 Å². The quantitative estimate of drug-likeness (QED) is 0.773. The van der Waals surface area contributed by atoms with Crippen LogP contribution in [-0.2, 0) is 0 Å². The topological polar surface area (TPSA) is 61.1 Å². The number of carboxylic acids is 1. The van der Waals surface area contributed by atoms with Gasteiger partial charge in [0.2, 0.25) is 0 Å². The van der Waals surface area contributed by atoms with Gasteiger partial charge in [-0.3, -0.25) is 0 Å². The van der Waals surface area contributed by atoms with Gasteiger partial charge in [-0.05, 0) is 19.1 Å². The molecule has 0 fully saturated rings. The van der Waals surface area contributed by atoms with E-state index in [4.69, 9.17) is 10.4 Å². The van der Waals surface area contributed by atoms with Crippen LogP contribution >= 0.6 is 11.8 Å². The first-order chi connectivity index (χ1) is 6.65. The van der Waals surface area contributed by atoms with Crippen LogP contribution in [0.2, 0.25) is 0 Å². The largest absolute Gasteiger partial charge is 0.478 e. The zero-order valence-corrected chi connectivity index (χ0v) is 8.41. The number of carboxylic acid groups (broad SMARTS) is 1. The van der Waals surface area contributed by atoms with Crippen molar-refractivity contribution in [1.82, 2.24) is 0 Å². The van der Waals surface area contributed by atoms with Gasteiger partial charge in [-0.2, -0.15) is 5.26 Å². The normalized spacial score (nSPS) is 11.7. The number of hydrogen-bond donors (Lipinski definition) is 1. The van der Waals surface area contributed by atoms with Gasteiger partial charge in [0.1, 0.15) is 0 Å². The van der Waals surface area contributed by atoms with E-state index in [2.05, 4.69) is 0 Å². The summed E-state index contributed by atoms with van der Waals surface area (Å²) in [6, 6.07) is 8.73. The molecule has 0 aliphatic heterocycles. The molecule has 4 heteroatoms. The number of nitriles is 1. The monoisotopic (exact) mass is 207 g/mol. The molecule has 1 aromatic carbocycles. The van der Waals surface area contributed by atoms with Crippen LogP contribution in [0.15, 0.2) is 29.2 Å². The Kier molecular flexibility index (Phi) is 3.55. The van der Waals surface area contributed by atoms with Crippen molar-refractivity contribution in [1.29, 1.82) is 5.26 Å². The number of carbonyl (C=O) groups is 1. The average molecular weight is 207 g/mol. The van der Waals surface area contributed by atoms with Gasteiger partial charge in [-0.1, -0.05) is 12.1 Å². The van der Waals surface area contributed by atoms with E-state index in [9.17, 15) is 4.79 Å². The first kappa shape index (κ1) is 10.6. The highest BCUT2D eigenvalue weighted by molar-refractivity contribution is 8.00. The molecule has 0 amide bonds. The van der Waals surface area contributed by atoms with Gasteiger partial charge in [0, 0.05) is 4.90 Å². The smallest absolute Gasteiger partial charge is 0.336 e. The van der Waals surface area contributed by atoms with Gasteiger partial charge in [0.25, 0.3) is 0 Å². The molecule has 3 nitrogen and oxygen atoms in total. The van der Waals surface area contributed by atoms with Crippen LogP contribution in [0.4, 0.5) is 0 Å². The van der Waals surface area contributed by atoms with E-state index in [1.54, 1.807) is 25.1 Å². The molecule has 1 N–H and O–H groups in total. The Hall–Kier alpha value is -1.47. The Bertz CT molecular complexity index is 384. The molecule has 0 saturated heterocycles. The Morgan fingerprint density at radius 2 is 2.21 bits per heavy atom. The van der Waals surface area contributed by atoms with Gasteiger partial charge in [0.15, 0.2) is 0 Å². The van der Waals surface area contributed by atoms with Crippen LogP contribution in [0.25, 0.3) is 0 Å². The lowest BCUT2D eigenvalue weighted by Crippen LogP contribution is -2.00. The number of benzene rings is 1. The molecular formula is C10H9NO2S. The molecule has 0 aliphatic rings. The first-order valence-electron chi connectivity index (χ1n) is 4.03. The summed E-state index contributed by atoms with van der Waals surface area (Å²) in [6.07, 6.45) is 0. The van der Waals surface area contributed by atoms with Crippen LogP contribution in [0.3, 0.4) is 0 Å². The fourth-order valence-electron chi connectivity index (χ4n) is 0.963. The number of hydrogen-bond acceptors (Lipinski definition) is 3. The number of nitrogens with zero attached hydrogens (tertiary/aromatic N) is 1. The number of rotatable bonds is 3. The van der Waals surface area contributed by atoms with E-state index in [1.807, 2.05) is 6.07 Å². The Balaban J connectivity index is 2.97. The van der Waals surface area contributed by atoms with Gasteiger partial charge in [0.05, 0.1) is 16.9 Å². The minimum Gasteiger partial charge on any atom is -0.478 e. The molecule has 1 unspecified atom stereocenters. The summed E-state index contributed by atoms with van der Waals surface area (Å²) in [5, 5.41) is 17.2.